The van der Waals surface area contributed by atoms with Crippen molar-refractivity contribution in [2.45, 2.75) is 50.7 Å². The predicted octanol–water partition coefficient (Wildman–Crippen LogP) is -1.02. The van der Waals surface area contributed by atoms with Gasteiger partial charge in [0.15, 0.2) is 6.10 Å². The van der Waals surface area contributed by atoms with Crippen molar-refractivity contribution in [2.24, 2.45) is 0 Å². The lowest BCUT2D eigenvalue weighted by atomic mass is 9.99. The average molecular weight is 399 g/mol. The number of carboxylic acids is 1. The van der Waals surface area contributed by atoms with Crippen LogP contribution in [0.4, 0.5) is 5.69 Å². The Morgan fingerprint density at radius 2 is 1.93 bits per heavy atom. The van der Waals surface area contributed by atoms with Crippen LogP contribution in [-0.2, 0) is 30.5 Å². The van der Waals surface area contributed by atoms with Crippen molar-refractivity contribution < 1.29 is 49.0 Å². The molecule has 1 heterocycles. The Morgan fingerprint density at radius 1 is 1.21 bits per heavy atom. The summed E-state index contributed by atoms with van der Waals surface area (Å²) < 4.78 is 15.4. The molecule has 5 N–H and O–H groups in total. The van der Waals surface area contributed by atoms with E-state index in [1.807, 2.05) is 0 Å². The van der Waals surface area contributed by atoms with Gasteiger partial charge in [-0.05, 0) is 17.7 Å². The van der Waals surface area contributed by atoms with Gasteiger partial charge in [0, 0.05) is 6.42 Å². The van der Waals surface area contributed by atoms with Crippen LogP contribution in [0.15, 0.2) is 18.2 Å². The van der Waals surface area contributed by atoms with Gasteiger partial charge in [0.2, 0.25) is 12.7 Å². The van der Waals surface area contributed by atoms with Crippen molar-refractivity contribution in [3.8, 4) is 5.75 Å². The third kappa shape index (κ3) is 4.95. The van der Waals surface area contributed by atoms with Crippen molar-refractivity contribution in [3.63, 3.8) is 0 Å². The molecule has 1 fully saturated rings. The highest BCUT2D eigenvalue weighted by atomic mass is 16.7. The molecule has 1 amide bonds. The minimum Gasteiger partial charge on any atom is -0.479 e. The molecule has 5 atom stereocenters. The van der Waals surface area contributed by atoms with Gasteiger partial charge in [0.25, 0.3) is 0 Å². The van der Waals surface area contributed by atoms with E-state index in [-0.39, 0.29) is 24.5 Å². The van der Waals surface area contributed by atoms with Gasteiger partial charge < -0.3 is 40.0 Å². The number of carbonyl (C=O) groups is 3. The standard InChI is InChI=1S/C17H21NO10/c1-2-11(20)26-6-8-3-4-10(9(5-8)18-7-19)27-17-14(23)12(21)13(22)15(28-17)16(24)25/h3-5,7,12-15,17,21-23H,2,6H2,1H3,(H,18,19)(H,24,25)/t12-,13-,14?,15-,17+/m0/s1. The number of benzene rings is 1. The van der Waals surface area contributed by atoms with Crippen molar-refractivity contribution in [3.05, 3.63) is 23.8 Å². The van der Waals surface area contributed by atoms with Crippen LogP contribution < -0.4 is 10.1 Å². The summed E-state index contributed by atoms with van der Waals surface area (Å²) in [5.74, 6) is -1.96. The van der Waals surface area contributed by atoms with Crippen LogP contribution in [0.2, 0.25) is 0 Å². The quantitative estimate of drug-likeness (QED) is 0.269. The lowest BCUT2D eigenvalue weighted by Crippen LogP contribution is -2.61. The molecule has 1 aromatic rings. The maximum atomic E-state index is 11.2. The molecule has 28 heavy (non-hydrogen) atoms. The highest BCUT2D eigenvalue weighted by Gasteiger charge is 2.48. The molecule has 11 nitrogen and oxygen atoms in total. The number of hydrogen-bond donors (Lipinski definition) is 5. The SMILES string of the molecule is CCC(=O)OCc1ccc(O[C@@H]2O[C@H](C(=O)O)[C@@H](O)[C@H](O)C2O)c(NC=O)c1. The van der Waals surface area contributed by atoms with E-state index in [9.17, 15) is 29.7 Å². The molecule has 2 rings (SSSR count). The highest BCUT2D eigenvalue weighted by molar-refractivity contribution is 5.76. The molecule has 0 saturated carbocycles. The summed E-state index contributed by atoms with van der Waals surface area (Å²) in [5.41, 5.74) is 0.658. The minimum absolute atomic E-state index is 0.00514. The summed E-state index contributed by atoms with van der Waals surface area (Å²) in [4.78, 5) is 33.3. The third-order valence-corrected chi connectivity index (χ3v) is 4.00. The van der Waals surface area contributed by atoms with E-state index in [0.29, 0.717) is 12.0 Å². The summed E-state index contributed by atoms with van der Waals surface area (Å²) in [7, 11) is 0. The Hall–Kier alpha value is -2.73. The first-order valence-electron chi connectivity index (χ1n) is 8.36. The Balaban J connectivity index is 2.20. The molecular weight excluding hydrogens is 378 g/mol. The second-order valence-corrected chi connectivity index (χ2v) is 5.96. The number of aliphatic hydroxyl groups excluding tert-OH is 3. The van der Waals surface area contributed by atoms with Gasteiger partial charge in [-0.15, -0.1) is 0 Å². The Kier molecular flexibility index (Phi) is 7.29. The van der Waals surface area contributed by atoms with Gasteiger partial charge in [-0.25, -0.2) is 4.79 Å². The molecule has 0 radical (unpaired) electrons. The normalized spacial score (nSPS) is 26.9. The molecule has 0 aromatic heterocycles. The maximum Gasteiger partial charge on any atom is 0.335 e. The Labute approximate surface area is 159 Å². The molecule has 0 spiro atoms. The van der Waals surface area contributed by atoms with Crippen LogP contribution in [0.1, 0.15) is 18.9 Å². The van der Waals surface area contributed by atoms with E-state index < -0.39 is 42.6 Å². The van der Waals surface area contributed by atoms with Gasteiger partial charge >= 0.3 is 11.9 Å². The van der Waals surface area contributed by atoms with E-state index in [1.54, 1.807) is 6.92 Å². The van der Waals surface area contributed by atoms with Crippen molar-refractivity contribution in [1.29, 1.82) is 0 Å². The molecule has 154 valence electrons. The van der Waals surface area contributed by atoms with E-state index in [0.717, 1.165) is 0 Å². The second kappa shape index (κ2) is 9.46. The zero-order valence-electron chi connectivity index (χ0n) is 14.8. The topological polar surface area (TPSA) is 172 Å². The highest BCUT2D eigenvalue weighted by Crippen LogP contribution is 2.30. The second-order valence-electron chi connectivity index (χ2n) is 5.96. The van der Waals surface area contributed by atoms with Crippen LogP contribution in [-0.4, -0.2) is 69.5 Å². The molecule has 1 unspecified atom stereocenters. The average Bonchev–Trinajstić information content (AvgIpc) is 2.67. The summed E-state index contributed by atoms with van der Waals surface area (Å²) in [5, 5.41) is 41.0. The molecule has 0 bridgehead atoms. The number of aliphatic hydroxyl groups is 3. The summed E-state index contributed by atoms with van der Waals surface area (Å²) in [6, 6.07) is 4.34. The van der Waals surface area contributed by atoms with E-state index in [2.05, 4.69) is 5.32 Å². The number of nitrogens with one attached hydrogen (secondary N) is 1. The zero-order valence-corrected chi connectivity index (χ0v) is 14.8. The first-order chi connectivity index (χ1) is 13.3. The number of aliphatic carboxylic acids is 1. The fourth-order valence-corrected chi connectivity index (χ4v) is 2.49. The minimum atomic E-state index is -1.85. The van der Waals surface area contributed by atoms with Gasteiger partial charge in [0.05, 0.1) is 5.69 Å². The van der Waals surface area contributed by atoms with Gasteiger partial charge in [-0.3, -0.25) is 9.59 Å². The summed E-state index contributed by atoms with van der Waals surface area (Å²) >= 11 is 0. The van der Waals surface area contributed by atoms with Crippen molar-refractivity contribution in [2.75, 3.05) is 5.32 Å². The molecule has 1 aliphatic rings. The zero-order chi connectivity index (χ0) is 20.8. The first-order valence-corrected chi connectivity index (χ1v) is 8.36. The number of carbonyl (C=O) groups excluding carboxylic acids is 2. The number of anilines is 1. The number of carboxylic acid groups (broad SMARTS) is 1. The Morgan fingerprint density at radius 3 is 2.54 bits per heavy atom. The van der Waals surface area contributed by atoms with E-state index in [1.165, 1.54) is 18.2 Å². The Bertz CT molecular complexity index is 724. The molecule has 1 saturated heterocycles. The number of rotatable bonds is 8. The lowest BCUT2D eigenvalue weighted by molar-refractivity contribution is -0.271. The summed E-state index contributed by atoms with van der Waals surface area (Å²) in [6.07, 6.45) is -8.31. The molecule has 1 aromatic carbocycles. The first kappa shape index (κ1) is 21.6. The predicted molar refractivity (Wildman–Crippen MR) is 91.2 cm³/mol. The van der Waals surface area contributed by atoms with Crippen LogP contribution in [0.3, 0.4) is 0 Å². The fourth-order valence-electron chi connectivity index (χ4n) is 2.49. The van der Waals surface area contributed by atoms with E-state index in [4.69, 9.17) is 19.3 Å². The van der Waals surface area contributed by atoms with Gasteiger partial charge in [-0.2, -0.15) is 0 Å². The molecule has 0 aliphatic carbocycles. The van der Waals surface area contributed by atoms with E-state index >= 15 is 0 Å². The smallest absolute Gasteiger partial charge is 0.335 e. The van der Waals surface area contributed by atoms with Crippen molar-refractivity contribution in [1.82, 2.24) is 0 Å². The van der Waals surface area contributed by atoms with Crippen LogP contribution in [0.5, 0.6) is 5.75 Å². The van der Waals surface area contributed by atoms with Crippen LogP contribution in [0.25, 0.3) is 0 Å². The number of amides is 1. The molecule has 11 heteroatoms. The lowest BCUT2D eigenvalue weighted by Gasteiger charge is -2.38. The largest absolute Gasteiger partial charge is 0.479 e. The number of ether oxygens (including phenoxy) is 3. The molecule has 1 aliphatic heterocycles. The van der Waals surface area contributed by atoms with Crippen LogP contribution in [0, 0.1) is 0 Å². The van der Waals surface area contributed by atoms with Gasteiger partial charge in [-0.1, -0.05) is 13.0 Å². The monoisotopic (exact) mass is 399 g/mol. The van der Waals surface area contributed by atoms with Gasteiger partial charge in [0.1, 0.15) is 30.7 Å². The summed E-state index contributed by atoms with van der Waals surface area (Å²) in [6.45, 7) is 1.60. The maximum absolute atomic E-state index is 11.2. The van der Waals surface area contributed by atoms with Crippen molar-refractivity contribution >= 4 is 24.0 Å². The molecular formula is C17H21NO10. The third-order valence-electron chi connectivity index (χ3n) is 4.00. The fraction of sp³-hybridized carbons (Fsp3) is 0.471. The van der Waals surface area contributed by atoms with Crippen LogP contribution >= 0.6 is 0 Å². The number of esters is 1. The number of hydrogen-bond acceptors (Lipinski definition) is 9.